The standard InChI is InChI=1S/2C9H10F3N3O.C9H12F3NO.C5H6O/c2*1-6-2-3-8(16-6)7(14-15-13)4-5-9(10,11)12;1-6-2-3-8(14-6)7(13)4-5-9(10,11)12;1-5-3-2-4-6-5/h2*2-3,7H,4-5H2,1H3;2-3,7H,4-5,13H2,1H3;2-4H,1H3. The van der Waals surface area contributed by atoms with Crippen LogP contribution in [0.15, 0.2) is 82.7 Å². The molecule has 2 N–H and O–H groups in total. The Morgan fingerprint density at radius 3 is 1.19 bits per heavy atom. The predicted octanol–water partition coefficient (Wildman–Crippen LogP) is 13.1. The van der Waals surface area contributed by atoms with E-state index in [0.29, 0.717) is 23.0 Å². The van der Waals surface area contributed by atoms with Crippen LogP contribution in [0, 0.1) is 27.7 Å². The molecule has 0 aliphatic carbocycles. The zero-order valence-corrected chi connectivity index (χ0v) is 28.5. The van der Waals surface area contributed by atoms with Crippen molar-refractivity contribution in [2.75, 3.05) is 0 Å². The summed E-state index contributed by atoms with van der Waals surface area (Å²) in [6.45, 7) is 6.97. The number of azide groups is 2. The number of hydrogen-bond acceptors (Lipinski definition) is 7. The molecule has 0 radical (unpaired) electrons. The molecule has 0 amide bonds. The molecule has 0 aromatic carbocycles. The molecule has 288 valence electrons. The van der Waals surface area contributed by atoms with Gasteiger partial charge < -0.3 is 23.4 Å². The van der Waals surface area contributed by atoms with Crippen molar-refractivity contribution in [1.82, 2.24) is 0 Å². The maximum Gasteiger partial charge on any atom is 0.389 e. The molecule has 4 aromatic rings. The Kier molecular flexibility index (Phi) is 18.6. The molecule has 0 aliphatic rings. The molecule has 0 bridgehead atoms. The molecule has 52 heavy (non-hydrogen) atoms. The molecule has 0 aliphatic heterocycles. The van der Waals surface area contributed by atoms with Gasteiger partial charge in [-0.1, -0.05) is 10.2 Å². The molecule has 0 fully saturated rings. The van der Waals surface area contributed by atoms with Gasteiger partial charge in [0.15, 0.2) is 0 Å². The minimum atomic E-state index is -4.26. The number of furan rings is 4. The Morgan fingerprint density at radius 2 is 0.942 bits per heavy atom. The fourth-order valence-corrected chi connectivity index (χ4v) is 3.98. The van der Waals surface area contributed by atoms with Gasteiger partial charge in [0, 0.05) is 29.1 Å². The number of rotatable bonds is 11. The van der Waals surface area contributed by atoms with Gasteiger partial charge in [-0.3, -0.25) is 0 Å². The van der Waals surface area contributed by atoms with E-state index in [1.807, 2.05) is 19.1 Å². The molecule has 0 saturated heterocycles. The number of aryl methyl sites for hydroxylation is 4. The second-order valence-corrected chi connectivity index (χ2v) is 11.1. The van der Waals surface area contributed by atoms with Gasteiger partial charge in [0.05, 0.1) is 24.4 Å². The summed E-state index contributed by atoms with van der Waals surface area (Å²) in [5.41, 5.74) is 22.1. The zero-order valence-electron chi connectivity index (χ0n) is 28.5. The minimum Gasteiger partial charge on any atom is -0.470 e. The summed E-state index contributed by atoms with van der Waals surface area (Å²) in [5, 5.41) is 6.60. The molecule has 0 spiro atoms. The molecule has 3 atom stereocenters. The largest absolute Gasteiger partial charge is 0.470 e. The lowest BCUT2D eigenvalue weighted by molar-refractivity contribution is -0.137. The molecule has 4 aromatic heterocycles. The van der Waals surface area contributed by atoms with E-state index in [9.17, 15) is 39.5 Å². The lowest BCUT2D eigenvalue weighted by Crippen LogP contribution is -2.15. The SMILES string of the molecule is Cc1ccc(C(CCC(F)(F)F)N=[N+]=[N-])o1.Cc1ccc(C(CCC(F)(F)F)N=[N+]=[N-])o1.Cc1ccc(C(N)CCC(F)(F)F)o1.Cc1ccco1. The molecular formula is C32H38F9N7O4. The van der Waals surface area contributed by atoms with E-state index in [0.717, 1.165) is 5.76 Å². The van der Waals surface area contributed by atoms with E-state index in [4.69, 9.17) is 34.5 Å². The van der Waals surface area contributed by atoms with Crippen molar-refractivity contribution >= 4 is 0 Å². The molecule has 11 nitrogen and oxygen atoms in total. The summed E-state index contributed by atoms with van der Waals surface area (Å²) >= 11 is 0. The molecule has 20 heteroatoms. The van der Waals surface area contributed by atoms with Crippen molar-refractivity contribution in [3.05, 3.63) is 116 Å². The lowest BCUT2D eigenvalue weighted by Gasteiger charge is -2.10. The van der Waals surface area contributed by atoms with Crippen LogP contribution in [0.1, 0.15) is 97.0 Å². The Morgan fingerprint density at radius 1 is 0.577 bits per heavy atom. The van der Waals surface area contributed by atoms with Gasteiger partial charge in [0.25, 0.3) is 0 Å². The van der Waals surface area contributed by atoms with Gasteiger partial charge in [0.1, 0.15) is 40.3 Å². The van der Waals surface area contributed by atoms with Crippen LogP contribution >= 0.6 is 0 Å². The number of nitrogens with zero attached hydrogens (tertiary/aromatic N) is 6. The molecule has 3 unspecified atom stereocenters. The van der Waals surface area contributed by atoms with Crippen LogP contribution in [0.25, 0.3) is 20.9 Å². The monoisotopic (exact) mass is 755 g/mol. The highest BCUT2D eigenvalue weighted by Crippen LogP contribution is 2.32. The van der Waals surface area contributed by atoms with Crippen molar-refractivity contribution in [1.29, 1.82) is 0 Å². The van der Waals surface area contributed by atoms with Gasteiger partial charge in [-0.2, -0.15) is 39.5 Å². The van der Waals surface area contributed by atoms with Crippen molar-refractivity contribution < 1.29 is 57.2 Å². The van der Waals surface area contributed by atoms with Gasteiger partial charge in [-0.05, 0) is 107 Å². The van der Waals surface area contributed by atoms with E-state index >= 15 is 0 Å². The van der Waals surface area contributed by atoms with Crippen LogP contribution in [0.4, 0.5) is 39.5 Å². The highest BCUT2D eigenvalue weighted by Gasteiger charge is 2.30. The van der Waals surface area contributed by atoms with Crippen LogP contribution in [-0.4, -0.2) is 18.5 Å². The van der Waals surface area contributed by atoms with Gasteiger partial charge in [-0.25, -0.2) is 0 Å². The maximum atomic E-state index is 12.0. The Labute approximate surface area is 292 Å². The van der Waals surface area contributed by atoms with Crippen LogP contribution < -0.4 is 5.73 Å². The van der Waals surface area contributed by atoms with E-state index in [1.165, 1.54) is 12.1 Å². The van der Waals surface area contributed by atoms with E-state index in [1.54, 1.807) is 51.3 Å². The lowest BCUT2D eigenvalue weighted by atomic mass is 10.1. The first-order valence-corrected chi connectivity index (χ1v) is 15.4. The first-order chi connectivity index (χ1) is 24.1. The predicted molar refractivity (Wildman–Crippen MR) is 170 cm³/mol. The first kappa shape index (κ1) is 45.1. The maximum absolute atomic E-state index is 12.0. The van der Waals surface area contributed by atoms with Gasteiger partial charge >= 0.3 is 18.5 Å². The average molecular weight is 756 g/mol. The quantitative estimate of drug-likeness (QED) is 0.0692. The molecule has 4 heterocycles. The van der Waals surface area contributed by atoms with Crippen LogP contribution in [-0.2, 0) is 0 Å². The fraction of sp³-hybridized carbons (Fsp3) is 0.500. The summed E-state index contributed by atoms with van der Waals surface area (Å²) in [6, 6.07) is 10.9. The van der Waals surface area contributed by atoms with Crippen molar-refractivity contribution in [3.8, 4) is 0 Å². The number of alkyl halides is 9. The Bertz CT molecular complexity index is 1590. The number of halogens is 9. The fourth-order valence-electron chi connectivity index (χ4n) is 3.98. The molecular weight excluding hydrogens is 717 g/mol. The average Bonchev–Trinajstić information content (AvgIpc) is 3.86. The van der Waals surface area contributed by atoms with Crippen molar-refractivity contribution in [3.63, 3.8) is 0 Å². The summed E-state index contributed by atoms with van der Waals surface area (Å²) in [5.74, 6) is 3.70. The summed E-state index contributed by atoms with van der Waals surface area (Å²) in [4.78, 5) is 5.04. The summed E-state index contributed by atoms with van der Waals surface area (Å²) in [7, 11) is 0. The number of hydrogen-bond donors (Lipinski definition) is 1. The summed E-state index contributed by atoms with van der Waals surface area (Å²) < 4.78 is 128. The van der Waals surface area contributed by atoms with Crippen LogP contribution in [0.3, 0.4) is 0 Å². The van der Waals surface area contributed by atoms with Crippen LogP contribution in [0.5, 0.6) is 0 Å². The third-order valence-corrected chi connectivity index (χ3v) is 6.49. The Hall–Kier alpha value is -4.93. The van der Waals surface area contributed by atoms with E-state index in [2.05, 4.69) is 20.1 Å². The van der Waals surface area contributed by atoms with Crippen molar-refractivity contribution in [2.24, 2.45) is 16.0 Å². The highest BCUT2D eigenvalue weighted by molar-refractivity contribution is 5.11. The first-order valence-electron chi connectivity index (χ1n) is 15.4. The third kappa shape index (κ3) is 20.7. The minimum absolute atomic E-state index is 0.142. The van der Waals surface area contributed by atoms with Gasteiger partial charge in [-0.15, -0.1) is 0 Å². The van der Waals surface area contributed by atoms with E-state index < -0.39 is 55.9 Å². The highest BCUT2D eigenvalue weighted by atomic mass is 19.4. The second-order valence-electron chi connectivity index (χ2n) is 11.1. The smallest absolute Gasteiger partial charge is 0.389 e. The normalized spacial score (nSPS) is 13.0. The van der Waals surface area contributed by atoms with E-state index in [-0.39, 0.29) is 30.8 Å². The summed E-state index contributed by atoms with van der Waals surface area (Å²) in [6.07, 6.45) is -14.7. The third-order valence-electron chi connectivity index (χ3n) is 6.49. The van der Waals surface area contributed by atoms with Gasteiger partial charge in [0.2, 0.25) is 0 Å². The molecule has 4 rings (SSSR count). The topological polar surface area (TPSA) is 176 Å². The molecule has 0 saturated carbocycles. The Balaban J connectivity index is 0.000000361. The zero-order chi connectivity index (χ0) is 39.5. The van der Waals surface area contributed by atoms with Crippen molar-refractivity contribution in [2.45, 2.75) is 103 Å². The van der Waals surface area contributed by atoms with Crippen LogP contribution in [0.2, 0.25) is 0 Å². The number of nitrogens with two attached hydrogens (primary N) is 1. The second kappa shape index (κ2) is 21.4.